The molecule has 1 aliphatic rings. The standard InChI is InChI=1S/C4H9NO/c1-5-2-4-3-6-4/h4-5H,2-3H2,1H3/t4-/m1/s1. The van der Waals surface area contributed by atoms with Gasteiger partial charge in [-0.15, -0.1) is 0 Å². The van der Waals surface area contributed by atoms with Crippen molar-refractivity contribution in [1.29, 1.82) is 0 Å². The van der Waals surface area contributed by atoms with E-state index < -0.39 is 0 Å². The van der Waals surface area contributed by atoms with E-state index in [9.17, 15) is 0 Å². The highest BCUT2D eigenvalue weighted by Crippen LogP contribution is 2.05. The first kappa shape index (κ1) is 4.09. The molecule has 1 rings (SSSR count). The molecule has 0 unspecified atom stereocenters. The third kappa shape index (κ3) is 0.954. The molecule has 36 valence electrons. The molecule has 1 N–H and O–H groups in total. The van der Waals surface area contributed by atoms with E-state index >= 15 is 0 Å². The zero-order valence-corrected chi connectivity index (χ0v) is 3.90. The smallest absolute Gasteiger partial charge is 0.0933 e. The Balaban J connectivity index is 1.88. The summed E-state index contributed by atoms with van der Waals surface area (Å²) < 4.78 is 4.89. The van der Waals surface area contributed by atoms with Gasteiger partial charge in [-0.05, 0) is 7.05 Å². The average Bonchev–Trinajstić information content (AvgIpc) is 2.21. The Labute approximate surface area is 37.5 Å². The summed E-state index contributed by atoms with van der Waals surface area (Å²) in [5.41, 5.74) is 0. The van der Waals surface area contributed by atoms with Crippen LogP contribution in [0.15, 0.2) is 0 Å². The lowest BCUT2D eigenvalue weighted by Crippen LogP contribution is -2.12. The lowest BCUT2D eigenvalue weighted by Gasteiger charge is -1.84. The van der Waals surface area contributed by atoms with Gasteiger partial charge in [0.2, 0.25) is 0 Å². The van der Waals surface area contributed by atoms with E-state index in [-0.39, 0.29) is 0 Å². The van der Waals surface area contributed by atoms with Gasteiger partial charge in [0.25, 0.3) is 0 Å². The van der Waals surface area contributed by atoms with Crippen LogP contribution in [0.1, 0.15) is 0 Å². The molecule has 1 fully saturated rings. The van der Waals surface area contributed by atoms with Crippen LogP contribution in [0.2, 0.25) is 0 Å². The quantitative estimate of drug-likeness (QED) is 0.464. The van der Waals surface area contributed by atoms with E-state index in [0.29, 0.717) is 6.10 Å². The summed E-state index contributed by atoms with van der Waals surface area (Å²) in [6.45, 7) is 1.97. The van der Waals surface area contributed by atoms with Crippen molar-refractivity contribution >= 4 is 0 Å². The molecular formula is C4H9NO. The molecule has 0 spiro atoms. The lowest BCUT2D eigenvalue weighted by atomic mass is 10.5. The first-order valence-corrected chi connectivity index (χ1v) is 2.19. The monoisotopic (exact) mass is 87.1 g/mol. The Bertz CT molecular complexity index is 42.8. The van der Waals surface area contributed by atoms with Crippen LogP contribution in [0.4, 0.5) is 0 Å². The van der Waals surface area contributed by atoms with Crippen LogP contribution in [0, 0.1) is 0 Å². The molecule has 1 aliphatic heterocycles. The topological polar surface area (TPSA) is 24.6 Å². The zero-order chi connectivity index (χ0) is 4.41. The summed E-state index contributed by atoms with van der Waals surface area (Å²) in [6.07, 6.45) is 0.537. The second-order valence-corrected chi connectivity index (χ2v) is 1.51. The highest BCUT2D eigenvalue weighted by molar-refractivity contribution is 4.69. The minimum Gasteiger partial charge on any atom is -0.372 e. The van der Waals surface area contributed by atoms with Crippen molar-refractivity contribution in [2.75, 3.05) is 20.2 Å². The van der Waals surface area contributed by atoms with E-state index in [1.807, 2.05) is 7.05 Å². The van der Waals surface area contributed by atoms with E-state index in [1.54, 1.807) is 0 Å². The van der Waals surface area contributed by atoms with Gasteiger partial charge >= 0.3 is 0 Å². The molecule has 0 saturated carbocycles. The van der Waals surface area contributed by atoms with E-state index in [4.69, 9.17) is 4.74 Å². The molecule has 0 aromatic heterocycles. The number of hydrogen-bond donors (Lipinski definition) is 1. The molecule has 2 nitrogen and oxygen atoms in total. The summed E-state index contributed by atoms with van der Waals surface area (Å²) in [5.74, 6) is 0. The SMILES string of the molecule is CNC[C@@H]1CO1. The Kier molecular flexibility index (Phi) is 1.08. The second kappa shape index (κ2) is 1.58. The molecule has 0 amide bonds. The molecule has 0 aliphatic carbocycles. The number of hydrogen-bond acceptors (Lipinski definition) is 2. The molecule has 2 heteroatoms. The van der Waals surface area contributed by atoms with Gasteiger partial charge in [0.15, 0.2) is 0 Å². The Morgan fingerprint density at radius 2 is 2.67 bits per heavy atom. The summed E-state index contributed by atoms with van der Waals surface area (Å²) in [6, 6.07) is 0. The van der Waals surface area contributed by atoms with Gasteiger partial charge in [0, 0.05) is 6.54 Å². The fourth-order valence-electron chi connectivity index (χ4n) is 0.414. The molecule has 1 saturated heterocycles. The molecule has 6 heavy (non-hydrogen) atoms. The molecule has 1 atom stereocenters. The van der Waals surface area contributed by atoms with Gasteiger partial charge in [-0.1, -0.05) is 0 Å². The third-order valence-corrected chi connectivity index (χ3v) is 0.834. The summed E-state index contributed by atoms with van der Waals surface area (Å²) in [4.78, 5) is 0. The van der Waals surface area contributed by atoms with Crippen LogP contribution in [-0.4, -0.2) is 26.3 Å². The van der Waals surface area contributed by atoms with Crippen LogP contribution in [-0.2, 0) is 4.74 Å². The van der Waals surface area contributed by atoms with Crippen molar-refractivity contribution in [2.45, 2.75) is 6.10 Å². The first-order valence-electron chi connectivity index (χ1n) is 2.19. The molecule has 1 heterocycles. The van der Waals surface area contributed by atoms with Crippen molar-refractivity contribution in [3.63, 3.8) is 0 Å². The normalized spacial score (nSPS) is 30.5. The van der Waals surface area contributed by atoms with E-state index in [1.165, 1.54) is 0 Å². The second-order valence-electron chi connectivity index (χ2n) is 1.51. The fourth-order valence-corrected chi connectivity index (χ4v) is 0.414. The molecule has 0 aromatic carbocycles. The minimum atomic E-state index is 0.537. The highest BCUT2D eigenvalue weighted by atomic mass is 16.6. The van der Waals surface area contributed by atoms with Crippen molar-refractivity contribution in [2.24, 2.45) is 0 Å². The van der Waals surface area contributed by atoms with Gasteiger partial charge in [-0.3, -0.25) is 0 Å². The Morgan fingerprint density at radius 1 is 2.00 bits per heavy atom. The number of nitrogens with one attached hydrogen (secondary N) is 1. The Hall–Kier alpha value is -0.0800. The predicted molar refractivity (Wildman–Crippen MR) is 23.7 cm³/mol. The lowest BCUT2D eigenvalue weighted by molar-refractivity contribution is 0.402. The van der Waals surface area contributed by atoms with Crippen LogP contribution in [0.5, 0.6) is 0 Å². The molecule has 0 radical (unpaired) electrons. The van der Waals surface area contributed by atoms with Gasteiger partial charge in [0.05, 0.1) is 12.7 Å². The van der Waals surface area contributed by atoms with Crippen LogP contribution < -0.4 is 5.32 Å². The maximum atomic E-state index is 4.89. The number of ether oxygens (including phenoxy) is 1. The first-order chi connectivity index (χ1) is 2.93. The van der Waals surface area contributed by atoms with Crippen LogP contribution in [0.3, 0.4) is 0 Å². The maximum Gasteiger partial charge on any atom is 0.0933 e. The van der Waals surface area contributed by atoms with Crippen molar-refractivity contribution in [1.82, 2.24) is 5.32 Å². The number of likely N-dealkylation sites (N-methyl/N-ethyl adjacent to an activating group) is 1. The maximum absolute atomic E-state index is 4.89. The number of rotatable bonds is 2. The summed E-state index contributed by atoms with van der Waals surface area (Å²) in [7, 11) is 1.93. The average molecular weight is 87.1 g/mol. The van der Waals surface area contributed by atoms with E-state index in [2.05, 4.69) is 5.32 Å². The molecule has 0 bridgehead atoms. The van der Waals surface area contributed by atoms with Crippen molar-refractivity contribution in [3.8, 4) is 0 Å². The van der Waals surface area contributed by atoms with Crippen LogP contribution >= 0.6 is 0 Å². The van der Waals surface area contributed by atoms with Gasteiger partial charge in [-0.2, -0.15) is 0 Å². The van der Waals surface area contributed by atoms with Gasteiger partial charge < -0.3 is 10.1 Å². The zero-order valence-electron chi connectivity index (χ0n) is 3.90. The van der Waals surface area contributed by atoms with Gasteiger partial charge in [-0.25, -0.2) is 0 Å². The Morgan fingerprint density at radius 3 is 2.83 bits per heavy atom. The van der Waals surface area contributed by atoms with Crippen molar-refractivity contribution < 1.29 is 4.74 Å². The summed E-state index contributed by atoms with van der Waals surface area (Å²) >= 11 is 0. The molecule has 0 aromatic rings. The predicted octanol–water partition coefficient (Wildman–Crippen LogP) is -0.395. The van der Waals surface area contributed by atoms with Crippen molar-refractivity contribution in [3.05, 3.63) is 0 Å². The summed E-state index contributed by atoms with van der Waals surface area (Å²) in [5, 5.41) is 3.00. The minimum absolute atomic E-state index is 0.537. The highest BCUT2D eigenvalue weighted by Gasteiger charge is 2.20. The fraction of sp³-hybridized carbons (Fsp3) is 1.00. The van der Waals surface area contributed by atoms with E-state index in [0.717, 1.165) is 13.2 Å². The largest absolute Gasteiger partial charge is 0.372 e. The third-order valence-electron chi connectivity index (χ3n) is 0.834. The number of epoxide rings is 1. The van der Waals surface area contributed by atoms with Crippen LogP contribution in [0.25, 0.3) is 0 Å². The molecular weight excluding hydrogens is 78.0 g/mol. The van der Waals surface area contributed by atoms with Gasteiger partial charge in [0.1, 0.15) is 0 Å².